The third-order valence-electron chi connectivity index (χ3n) is 6.70. The molecule has 0 bridgehead atoms. The predicted octanol–water partition coefficient (Wildman–Crippen LogP) is 9.27. The normalized spacial score (nSPS) is 11.3. The summed E-state index contributed by atoms with van der Waals surface area (Å²) in [5.74, 6) is 0. The van der Waals surface area contributed by atoms with Crippen molar-refractivity contribution in [2.75, 3.05) is 4.90 Å². The lowest BCUT2D eigenvalue weighted by Crippen LogP contribution is -2.10. The van der Waals surface area contributed by atoms with E-state index in [0.717, 1.165) is 39.1 Å². The maximum absolute atomic E-state index is 6.38. The Kier molecular flexibility index (Phi) is 4.78. The summed E-state index contributed by atoms with van der Waals surface area (Å²) in [5.41, 5.74) is 7.99. The fourth-order valence-electron chi connectivity index (χ4n) is 4.96. The van der Waals surface area contributed by atoms with Crippen LogP contribution in [-0.4, -0.2) is 4.98 Å². The Labute approximate surface area is 208 Å². The van der Waals surface area contributed by atoms with Gasteiger partial charge in [0.05, 0.1) is 5.69 Å². The lowest BCUT2D eigenvalue weighted by Gasteiger charge is -2.26. The van der Waals surface area contributed by atoms with Crippen molar-refractivity contribution < 1.29 is 4.42 Å². The molecule has 0 amide bonds. The molecule has 3 heteroatoms. The minimum absolute atomic E-state index is 0.790. The highest BCUT2D eigenvalue weighted by Gasteiger charge is 2.20. The van der Waals surface area contributed by atoms with E-state index in [-0.39, 0.29) is 0 Å². The van der Waals surface area contributed by atoms with Gasteiger partial charge in [0, 0.05) is 23.0 Å². The molecule has 36 heavy (non-hydrogen) atoms. The number of hydrogen-bond donors (Lipinski definition) is 0. The molecular formula is C33H22N2O. The molecule has 0 aliphatic heterocycles. The second kappa shape index (κ2) is 8.40. The van der Waals surface area contributed by atoms with Gasteiger partial charge in [0.1, 0.15) is 5.52 Å². The number of hydrogen-bond acceptors (Lipinski definition) is 3. The van der Waals surface area contributed by atoms with E-state index in [9.17, 15) is 0 Å². The molecule has 0 atom stereocenters. The number of furan rings is 1. The molecule has 2 heterocycles. The Hall–Kier alpha value is -4.89. The number of rotatable bonds is 4. The Balaban J connectivity index is 1.45. The largest absolute Gasteiger partial charge is 0.452 e. The minimum Gasteiger partial charge on any atom is -0.452 e. The van der Waals surface area contributed by atoms with Gasteiger partial charge >= 0.3 is 0 Å². The summed E-state index contributed by atoms with van der Waals surface area (Å²) in [4.78, 5) is 6.86. The molecule has 7 aromatic rings. The number of benzene rings is 5. The highest BCUT2D eigenvalue weighted by molar-refractivity contribution is 6.08. The number of pyridine rings is 1. The average Bonchev–Trinajstić information content (AvgIpc) is 3.34. The quantitative estimate of drug-likeness (QED) is 0.261. The van der Waals surface area contributed by atoms with Gasteiger partial charge in [0.2, 0.25) is 0 Å². The third kappa shape index (κ3) is 3.41. The van der Waals surface area contributed by atoms with Crippen molar-refractivity contribution in [3.63, 3.8) is 0 Å². The van der Waals surface area contributed by atoms with E-state index >= 15 is 0 Å². The Morgan fingerprint density at radius 2 is 1.31 bits per heavy atom. The first-order valence-electron chi connectivity index (χ1n) is 12.1. The van der Waals surface area contributed by atoms with Crippen LogP contribution in [0.4, 0.5) is 17.1 Å². The molecule has 5 aromatic carbocycles. The summed E-state index contributed by atoms with van der Waals surface area (Å²) in [6.07, 6.45) is 1.81. The van der Waals surface area contributed by atoms with Crippen molar-refractivity contribution in [2.24, 2.45) is 0 Å². The van der Waals surface area contributed by atoms with Crippen molar-refractivity contribution in [1.82, 2.24) is 4.98 Å². The van der Waals surface area contributed by atoms with E-state index in [1.807, 2.05) is 24.4 Å². The maximum Gasteiger partial charge on any atom is 0.161 e. The number of anilines is 3. The van der Waals surface area contributed by atoms with Crippen LogP contribution in [0.2, 0.25) is 0 Å². The summed E-state index contributed by atoms with van der Waals surface area (Å²) in [6.45, 7) is 0. The predicted molar refractivity (Wildman–Crippen MR) is 149 cm³/mol. The molecule has 2 aromatic heterocycles. The summed E-state index contributed by atoms with van der Waals surface area (Å²) in [6, 6.07) is 44.4. The van der Waals surface area contributed by atoms with Gasteiger partial charge in [-0.05, 0) is 70.4 Å². The van der Waals surface area contributed by atoms with E-state index < -0.39 is 0 Å². The Bertz CT molecular complexity index is 1840. The first kappa shape index (κ1) is 20.5. The molecule has 0 unspecified atom stereocenters. The highest BCUT2D eigenvalue weighted by atomic mass is 16.3. The van der Waals surface area contributed by atoms with Crippen LogP contribution in [-0.2, 0) is 0 Å². The number of para-hydroxylation sites is 1. The molecule has 0 aliphatic carbocycles. The van der Waals surface area contributed by atoms with Gasteiger partial charge in [0.15, 0.2) is 11.2 Å². The first-order chi connectivity index (χ1) is 17.8. The molecule has 170 valence electrons. The van der Waals surface area contributed by atoms with E-state index in [1.54, 1.807) is 0 Å². The standard InChI is InChI=1S/C33H22N2O/c1-2-8-23(9-3-1)25-15-18-27(19-16-25)35(28-20-17-24-10-4-5-11-26(24)22-28)30-13-6-12-29-32-31(36-33(29)30)14-7-21-34-32/h1-22H. The summed E-state index contributed by atoms with van der Waals surface area (Å²) in [5, 5.41) is 3.42. The zero-order chi connectivity index (χ0) is 23.9. The molecule has 0 N–H and O–H groups in total. The van der Waals surface area contributed by atoms with Crippen LogP contribution in [0.5, 0.6) is 0 Å². The first-order valence-corrected chi connectivity index (χ1v) is 12.1. The SMILES string of the molecule is c1ccc(-c2ccc(N(c3ccc4ccccc4c3)c3cccc4c3oc3cccnc34)cc2)cc1. The van der Waals surface area contributed by atoms with Crippen LogP contribution in [0.1, 0.15) is 0 Å². The van der Waals surface area contributed by atoms with Gasteiger partial charge in [-0.3, -0.25) is 4.98 Å². The van der Waals surface area contributed by atoms with Gasteiger partial charge in [0.25, 0.3) is 0 Å². The van der Waals surface area contributed by atoms with E-state index in [2.05, 4.69) is 119 Å². The van der Waals surface area contributed by atoms with Gasteiger partial charge in [-0.2, -0.15) is 0 Å². The summed E-state index contributed by atoms with van der Waals surface area (Å²) in [7, 11) is 0. The third-order valence-corrected chi connectivity index (χ3v) is 6.70. The van der Waals surface area contributed by atoms with Crippen LogP contribution in [0.25, 0.3) is 44.0 Å². The smallest absolute Gasteiger partial charge is 0.161 e. The molecule has 3 nitrogen and oxygen atoms in total. The number of aromatic nitrogens is 1. The second-order valence-corrected chi connectivity index (χ2v) is 8.89. The van der Waals surface area contributed by atoms with E-state index in [0.29, 0.717) is 0 Å². The number of fused-ring (bicyclic) bond motifs is 4. The summed E-state index contributed by atoms with van der Waals surface area (Å²) >= 11 is 0. The van der Waals surface area contributed by atoms with Crippen LogP contribution in [0, 0.1) is 0 Å². The lowest BCUT2D eigenvalue weighted by atomic mass is 10.0. The van der Waals surface area contributed by atoms with E-state index in [1.165, 1.54) is 21.9 Å². The van der Waals surface area contributed by atoms with Crippen molar-refractivity contribution in [2.45, 2.75) is 0 Å². The Morgan fingerprint density at radius 1 is 0.556 bits per heavy atom. The van der Waals surface area contributed by atoms with Gasteiger partial charge < -0.3 is 9.32 Å². The minimum atomic E-state index is 0.790. The fraction of sp³-hybridized carbons (Fsp3) is 0. The molecule has 0 fully saturated rings. The van der Waals surface area contributed by atoms with Gasteiger partial charge in [-0.15, -0.1) is 0 Å². The second-order valence-electron chi connectivity index (χ2n) is 8.89. The molecule has 0 saturated heterocycles. The molecular weight excluding hydrogens is 440 g/mol. The molecule has 0 aliphatic rings. The Morgan fingerprint density at radius 3 is 2.17 bits per heavy atom. The zero-order valence-electron chi connectivity index (χ0n) is 19.5. The van der Waals surface area contributed by atoms with E-state index in [4.69, 9.17) is 4.42 Å². The summed E-state index contributed by atoms with van der Waals surface area (Å²) < 4.78 is 6.38. The van der Waals surface area contributed by atoms with Crippen LogP contribution < -0.4 is 4.90 Å². The monoisotopic (exact) mass is 462 g/mol. The van der Waals surface area contributed by atoms with Crippen molar-refractivity contribution in [1.29, 1.82) is 0 Å². The topological polar surface area (TPSA) is 29.3 Å². The lowest BCUT2D eigenvalue weighted by molar-refractivity contribution is 0.668. The van der Waals surface area contributed by atoms with Crippen LogP contribution >= 0.6 is 0 Å². The van der Waals surface area contributed by atoms with Crippen molar-refractivity contribution >= 4 is 49.9 Å². The maximum atomic E-state index is 6.38. The van der Waals surface area contributed by atoms with Crippen LogP contribution in [0.15, 0.2) is 138 Å². The highest BCUT2D eigenvalue weighted by Crippen LogP contribution is 2.42. The average molecular weight is 463 g/mol. The molecule has 0 radical (unpaired) electrons. The zero-order valence-corrected chi connectivity index (χ0v) is 19.5. The molecule has 0 spiro atoms. The van der Waals surface area contributed by atoms with Gasteiger partial charge in [-0.1, -0.05) is 78.9 Å². The molecule has 7 rings (SSSR count). The van der Waals surface area contributed by atoms with Crippen LogP contribution in [0.3, 0.4) is 0 Å². The van der Waals surface area contributed by atoms with Crippen molar-refractivity contribution in [3.05, 3.63) is 134 Å². The number of nitrogens with zero attached hydrogens (tertiary/aromatic N) is 2. The van der Waals surface area contributed by atoms with Gasteiger partial charge in [-0.25, -0.2) is 0 Å². The fourth-order valence-corrected chi connectivity index (χ4v) is 4.96. The van der Waals surface area contributed by atoms with Crippen molar-refractivity contribution in [3.8, 4) is 11.1 Å². The molecule has 0 saturated carbocycles.